The third kappa shape index (κ3) is 3.36. The van der Waals surface area contributed by atoms with Crippen LogP contribution in [0.4, 0.5) is 0 Å². The number of halogens is 1. The zero-order valence-corrected chi connectivity index (χ0v) is 12.8. The van der Waals surface area contributed by atoms with Crippen molar-refractivity contribution in [1.82, 2.24) is 0 Å². The summed E-state index contributed by atoms with van der Waals surface area (Å²) in [7, 11) is 0. The average Bonchev–Trinajstić information content (AvgIpc) is 2.50. The largest absolute Gasteiger partial charge is 0.299 e. The molecule has 108 valence electrons. The quantitative estimate of drug-likeness (QED) is 0.779. The molecule has 2 aromatic rings. The predicted molar refractivity (Wildman–Crippen MR) is 86.9 cm³/mol. The smallest absolute Gasteiger partial charge is 0.137 e. The van der Waals surface area contributed by atoms with Crippen LogP contribution in [0.25, 0.3) is 0 Å². The molecule has 1 atom stereocenters. The zero-order chi connectivity index (χ0) is 14.7. The summed E-state index contributed by atoms with van der Waals surface area (Å²) in [6.07, 6.45) is 4.51. The van der Waals surface area contributed by atoms with E-state index in [2.05, 4.69) is 24.3 Å². The van der Waals surface area contributed by atoms with Crippen molar-refractivity contribution in [3.63, 3.8) is 0 Å². The Morgan fingerprint density at radius 1 is 1.10 bits per heavy atom. The fourth-order valence-electron chi connectivity index (χ4n) is 3.27. The van der Waals surface area contributed by atoms with Crippen LogP contribution in [-0.2, 0) is 17.6 Å². The molecule has 21 heavy (non-hydrogen) atoms. The third-order valence-corrected chi connectivity index (χ3v) is 4.68. The van der Waals surface area contributed by atoms with Gasteiger partial charge in [-0.25, -0.2) is 0 Å². The summed E-state index contributed by atoms with van der Waals surface area (Å²) in [5.74, 6) is 0.662. The van der Waals surface area contributed by atoms with Gasteiger partial charge in [-0.3, -0.25) is 4.79 Å². The Labute approximate surface area is 131 Å². The Hall–Kier alpha value is -1.60. The van der Waals surface area contributed by atoms with Gasteiger partial charge in [0, 0.05) is 17.9 Å². The molecule has 1 unspecified atom stereocenters. The first kappa shape index (κ1) is 14.3. The van der Waals surface area contributed by atoms with E-state index in [1.54, 1.807) is 0 Å². The summed E-state index contributed by atoms with van der Waals surface area (Å²) in [5.41, 5.74) is 3.73. The fourth-order valence-corrected chi connectivity index (χ4v) is 3.47. The number of rotatable bonds is 4. The van der Waals surface area contributed by atoms with Crippen molar-refractivity contribution in [2.75, 3.05) is 0 Å². The predicted octanol–water partition coefficient (Wildman–Crippen LogP) is 4.96. The lowest BCUT2D eigenvalue weighted by molar-refractivity contribution is -0.118. The van der Waals surface area contributed by atoms with E-state index in [1.165, 1.54) is 17.5 Å². The van der Waals surface area contributed by atoms with Crippen LogP contribution < -0.4 is 0 Å². The first-order valence-electron chi connectivity index (χ1n) is 7.57. The summed E-state index contributed by atoms with van der Waals surface area (Å²) < 4.78 is 0. The van der Waals surface area contributed by atoms with E-state index in [9.17, 15) is 4.79 Å². The van der Waals surface area contributed by atoms with E-state index in [-0.39, 0.29) is 5.78 Å². The molecule has 0 bridgehead atoms. The highest BCUT2D eigenvalue weighted by Gasteiger charge is 2.22. The maximum absolute atomic E-state index is 12.4. The first-order valence-corrected chi connectivity index (χ1v) is 7.95. The van der Waals surface area contributed by atoms with Crippen LogP contribution in [0.1, 0.15) is 41.9 Å². The molecular weight excluding hydrogens is 280 g/mol. The Balaban J connectivity index is 1.70. The third-order valence-electron chi connectivity index (χ3n) is 4.31. The molecule has 0 fully saturated rings. The molecule has 1 aliphatic rings. The van der Waals surface area contributed by atoms with Crippen LogP contribution in [0.15, 0.2) is 48.5 Å². The van der Waals surface area contributed by atoms with Crippen molar-refractivity contribution in [1.29, 1.82) is 0 Å². The molecule has 0 aromatic heterocycles. The number of carbonyl (C=O) groups is 1. The lowest BCUT2D eigenvalue weighted by atomic mass is 9.80. The first-order chi connectivity index (χ1) is 10.2. The summed E-state index contributed by atoms with van der Waals surface area (Å²) in [6.45, 7) is 0. The highest BCUT2D eigenvalue weighted by molar-refractivity contribution is 6.31. The van der Waals surface area contributed by atoms with E-state index < -0.39 is 0 Å². The minimum Gasteiger partial charge on any atom is -0.299 e. The Morgan fingerprint density at radius 3 is 2.71 bits per heavy atom. The van der Waals surface area contributed by atoms with Crippen LogP contribution in [0.3, 0.4) is 0 Å². The molecule has 0 spiro atoms. The standard InChI is InChI=1S/C19H19ClO/c20-19-11-4-2-7-16(19)13-17(21)12-15-9-5-8-14-6-1-3-10-18(14)15/h1-4,6-7,10-11,15H,5,8-9,12-13H2. The molecule has 0 saturated carbocycles. The van der Waals surface area contributed by atoms with Crippen LogP contribution in [0.2, 0.25) is 5.02 Å². The van der Waals surface area contributed by atoms with Gasteiger partial charge in [-0.2, -0.15) is 0 Å². The number of hydrogen-bond donors (Lipinski definition) is 0. The van der Waals surface area contributed by atoms with Gasteiger partial charge in [0.1, 0.15) is 5.78 Å². The number of hydrogen-bond acceptors (Lipinski definition) is 1. The molecule has 0 amide bonds. The monoisotopic (exact) mass is 298 g/mol. The van der Waals surface area contributed by atoms with Gasteiger partial charge in [-0.15, -0.1) is 0 Å². The summed E-state index contributed by atoms with van der Waals surface area (Å²) >= 11 is 6.14. The van der Waals surface area contributed by atoms with E-state index in [1.807, 2.05) is 24.3 Å². The molecule has 1 aliphatic carbocycles. The van der Waals surface area contributed by atoms with Crippen molar-refractivity contribution in [3.05, 3.63) is 70.2 Å². The van der Waals surface area contributed by atoms with Crippen molar-refractivity contribution < 1.29 is 4.79 Å². The van der Waals surface area contributed by atoms with Crippen molar-refractivity contribution in [3.8, 4) is 0 Å². The minimum atomic E-state index is 0.282. The number of fused-ring (bicyclic) bond motifs is 1. The average molecular weight is 299 g/mol. The van der Waals surface area contributed by atoms with Gasteiger partial charge in [0.25, 0.3) is 0 Å². The molecular formula is C19H19ClO. The molecule has 1 nitrogen and oxygen atoms in total. The van der Waals surface area contributed by atoms with E-state index in [4.69, 9.17) is 11.6 Å². The summed E-state index contributed by atoms with van der Waals surface area (Å²) in [6, 6.07) is 16.2. The Bertz CT molecular complexity index is 648. The SMILES string of the molecule is O=C(Cc1ccccc1Cl)CC1CCCc2ccccc21. The fraction of sp³-hybridized carbons (Fsp3) is 0.316. The molecule has 0 N–H and O–H groups in total. The Kier molecular flexibility index (Phi) is 4.40. The van der Waals surface area contributed by atoms with Gasteiger partial charge in [-0.1, -0.05) is 54.1 Å². The molecule has 0 aliphatic heterocycles. The zero-order valence-electron chi connectivity index (χ0n) is 12.0. The number of aryl methyl sites for hydroxylation is 1. The molecule has 3 rings (SSSR count). The minimum absolute atomic E-state index is 0.282. The highest BCUT2D eigenvalue weighted by Crippen LogP contribution is 2.34. The summed E-state index contributed by atoms with van der Waals surface area (Å²) in [5, 5.41) is 0.690. The van der Waals surface area contributed by atoms with Gasteiger partial charge in [0.05, 0.1) is 0 Å². The normalized spacial score (nSPS) is 17.3. The second-order valence-corrected chi connectivity index (χ2v) is 6.21. The second-order valence-electron chi connectivity index (χ2n) is 5.80. The lowest BCUT2D eigenvalue weighted by Crippen LogP contribution is -2.15. The van der Waals surface area contributed by atoms with E-state index in [0.29, 0.717) is 23.8 Å². The number of benzene rings is 2. The molecule has 2 aromatic carbocycles. The number of ketones is 1. The maximum atomic E-state index is 12.4. The van der Waals surface area contributed by atoms with Gasteiger partial charge < -0.3 is 0 Å². The molecule has 0 radical (unpaired) electrons. The van der Waals surface area contributed by atoms with E-state index >= 15 is 0 Å². The molecule has 0 saturated heterocycles. The Morgan fingerprint density at radius 2 is 1.86 bits per heavy atom. The maximum Gasteiger partial charge on any atom is 0.137 e. The number of carbonyl (C=O) groups excluding carboxylic acids is 1. The van der Waals surface area contributed by atoms with Gasteiger partial charge in [0.2, 0.25) is 0 Å². The summed E-state index contributed by atoms with van der Waals surface area (Å²) in [4.78, 5) is 12.4. The van der Waals surface area contributed by atoms with Gasteiger partial charge in [0.15, 0.2) is 0 Å². The van der Waals surface area contributed by atoms with Crippen LogP contribution in [0, 0.1) is 0 Å². The van der Waals surface area contributed by atoms with Gasteiger partial charge >= 0.3 is 0 Å². The number of Topliss-reactive ketones (excluding diaryl/α,β-unsaturated/α-hetero) is 1. The van der Waals surface area contributed by atoms with Crippen molar-refractivity contribution in [2.45, 2.75) is 38.0 Å². The van der Waals surface area contributed by atoms with Crippen LogP contribution in [-0.4, -0.2) is 5.78 Å². The second kappa shape index (κ2) is 6.44. The van der Waals surface area contributed by atoms with E-state index in [0.717, 1.165) is 18.4 Å². The van der Waals surface area contributed by atoms with Crippen molar-refractivity contribution >= 4 is 17.4 Å². The topological polar surface area (TPSA) is 17.1 Å². The molecule has 2 heteroatoms. The van der Waals surface area contributed by atoms with Crippen LogP contribution in [0.5, 0.6) is 0 Å². The van der Waals surface area contributed by atoms with Crippen molar-refractivity contribution in [2.24, 2.45) is 0 Å². The molecule has 0 heterocycles. The lowest BCUT2D eigenvalue weighted by Gasteiger charge is -2.25. The van der Waals surface area contributed by atoms with Gasteiger partial charge in [-0.05, 0) is 47.9 Å². The highest BCUT2D eigenvalue weighted by atomic mass is 35.5. The van der Waals surface area contributed by atoms with Crippen LogP contribution >= 0.6 is 11.6 Å².